The van der Waals surface area contributed by atoms with Crippen molar-refractivity contribution in [3.8, 4) is 50.8 Å². The molecule has 4 radical (unpaired) electrons. The summed E-state index contributed by atoms with van der Waals surface area (Å²) in [5.74, 6) is 0.857. The number of ketones is 1. The van der Waals surface area contributed by atoms with Crippen LogP contribution < -0.4 is 0 Å². The van der Waals surface area contributed by atoms with Gasteiger partial charge in [-0.05, 0) is 84.2 Å². The molecule has 72 heavy (non-hydrogen) atoms. The summed E-state index contributed by atoms with van der Waals surface area (Å²) in [6.45, 7) is 2.85. The van der Waals surface area contributed by atoms with E-state index in [1.54, 1.807) is 12.4 Å². The van der Waals surface area contributed by atoms with Crippen molar-refractivity contribution in [1.82, 2.24) is 24.5 Å². The first-order chi connectivity index (χ1) is 33.4. The van der Waals surface area contributed by atoms with Gasteiger partial charge in [0.1, 0.15) is 0 Å². The molecule has 0 saturated heterocycles. The Morgan fingerprint density at radius 3 is 1.43 bits per heavy atom. The number of hydrogen-bond acceptors (Lipinski definition) is 6. The number of fused-ring (bicyclic) bond motifs is 2. The SMILES string of the molecule is CC(=O)C=C(C)O.[Ir].[Ir].[Ir].[Ir].[c-]1ccccc1-c1ccccn1.[c-]1ccccc1-c1ccccn1.[c-]1ccccc1-c1nc2ccccc2n1-c1ccccc1.[c-]1ccccc1-c1nccc2ccccc12. The number of pyridine rings is 3. The molecule has 0 amide bonds. The normalized spacial score (nSPS) is 9.83. The third-order valence-corrected chi connectivity index (χ3v) is 9.87. The van der Waals surface area contributed by atoms with Gasteiger partial charge in [-0.1, -0.05) is 78.9 Å². The first-order valence-electron chi connectivity index (χ1n) is 21.9. The van der Waals surface area contributed by atoms with Gasteiger partial charge in [-0.3, -0.25) is 9.78 Å². The Labute approximate surface area is 476 Å². The molecule has 7 aromatic carbocycles. The number of aliphatic hydroxyl groups is 1. The third kappa shape index (κ3) is 18.0. The molecular formula is C61H47Ir4N5O2-4. The van der Waals surface area contributed by atoms with Crippen LogP contribution in [0.5, 0.6) is 0 Å². The standard InChI is InChI=1S/C19H13N2.C15H10N.2C11H8N.C5H8O2.4Ir/c1-3-9-15(10-4-1)19-20-17-13-7-8-14-18(17)21(19)16-11-5-2-6-12-16;1-2-7-13(8-3-1)15-14-9-5-4-6-12(14)10-11-16-15;2*1-2-6-10(7-3-1)11-8-4-5-9-12-11;1-4(6)3-5(2)7;;;;/h1-9,11-14H;1-7,9-11H;2*1-6,8-9H;3,6H,1-2H3;;;;/q4*-1;;;;;. The van der Waals surface area contributed by atoms with Crippen molar-refractivity contribution in [3.05, 3.63) is 273 Å². The second-order valence-corrected chi connectivity index (χ2v) is 14.9. The van der Waals surface area contributed by atoms with Gasteiger partial charge in [-0.15, -0.1) is 144 Å². The zero-order chi connectivity index (χ0) is 47.2. The van der Waals surface area contributed by atoms with Crippen molar-refractivity contribution in [2.45, 2.75) is 13.8 Å². The molecule has 7 nitrogen and oxygen atoms in total. The average molecular weight is 1650 g/mol. The van der Waals surface area contributed by atoms with Crippen molar-refractivity contribution in [3.63, 3.8) is 0 Å². The monoisotopic (exact) mass is 1650 g/mol. The molecule has 0 unspecified atom stereocenters. The number of para-hydroxylation sites is 3. The minimum Gasteiger partial charge on any atom is -0.512 e. The predicted molar refractivity (Wildman–Crippen MR) is 275 cm³/mol. The molecule has 11 aromatic rings. The van der Waals surface area contributed by atoms with Crippen LogP contribution >= 0.6 is 0 Å². The minimum atomic E-state index is -0.125. The molecule has 0 aliphatic heterocycles. The fourth-order valence-electron chi connectivity index (χ4n) is 6.90. The Bertz CT molecular complexity index is 3100. The molecule has 0 bridgehead atoms. The van der Waals surface area contributed by atoms with Crippen LogP contribution in [0.2, 0.25) is 0 Å². The molecule has 0 spiro atoms. The maximum absolute atomic E-state index is 10.0. The van der Waals surface area contributed by atoms with E-state index in [-0.39, 0.29) is 92.0 Å². The van der Waals surface area contributed by atoms with E-state index in [1.807, 2.05) is 194 Å². The molecule has 0 aliphatic rings. The van der Waals surface area contributed by atoms with Crippen molar-refractivity contribution < 1.29 is 90.3 Å². The van der Waals surface area contributed by atoms with Gasteiger partial charge in [0, 0.05) is 111 Å². The van der Waals surface area contributed by atoms with Crippen molar-refractivity contribution >= 4 is 27.6 Å². The zero-order valence-electron chi connectivity index (χ0n) is 39.0. The van der Waals surface area contributed by atoms with E-state index in [9.17, 15) is 4.79 Å². The zero-order valence-corrected chi connectivity index (χ0v) is 48.6. The van der Waals surface area contributed by atoms with Crippen LogP contribution in [-0.4, -0.2) is 35.4 Å². The number of nitrogens with zero attached hydrogens (tertiary/aromatic N) is 5. The molecule has 11 heteroatoms. The number of allylic oxidation sites excluding steroid dienone is 2. The van der Waals surface area contributed by atoms with Gasteiger partial charge in [0.05, 0.1) is 22.6 Å². The summed E-state index contributed by atoms with van der Waals surface area (Å²) in [5.41, 5.74) is 10.3. The number of imidazole rings is 1. The van der Waals surface area contributed by atoms with E-state index in [4.69, 9.17) is 10.1 Å². The molecule has 368 valence electrons. The molecule has 0 atom stereocenters. The summed E-state index contributed by atoms with van der Waals surface area (Å²) in [4.78, 5) is 27.7. The number of carbonyl (C=O) groups excluding carboxylic acids is 1. The van der Waals surface area contributed by atoms with Gasteiger partial charge in [0.15, 0.2) is 5.78 Å². The number of hydrogen-bond donors (Lipinski definition) is 1. The van der Waals surface area contributed by atoms with Crippen molar-refractivity contribution in [2.24, 2.45) is 0 Å². The van der Waals surface area contributed by atoms with E-state index in [0.29, 0.717) is 0 Å². The second kappa shape index (κ2) is 32.5. The molecule has 4 aromatic heterocycles. The van der Waals surface area contributed by atoms with Crippen molar-refractivity contribution in [1.29, 1.82) is 0 Å². The Morgan fingerprint density at radius 1 is 0.472 bits per heavy atom. The Hall–Kier alpha value is -6.47. The van der Waals surface area contributed by atoms with E-state index >= 15 is 0 Å². The van der Waals surface area contributed by atoms with Gasteiger partial charge in [-0.25, -0.2) is 0 Å². The first kappa shape index (κ1) is 59.8. The Kier molecular flexibility index (Phi) is 27.0. The fraction of sp³-hybridized carbons (Fsp3) is 0.0328. The molecule has 0 aliphatic carbocycles. The summed E-state index contributed by atoms with van der Waals surface area (Å²) in [5, 5.41) is 10.7. The third-order valence-electron chi connectivity index (χ3n) is 9.87. The quantitative estimate of drug-likeness (QED) is 0.101. The summed E-state index contributed by atoms with van der Waals surface area (Å²) < 4.78 is 2.18. The maximum Gasteiger partial charge on any atom is 0.155 e. The van der Waals surface area contributed by atoms with Crippen LogP contribution in [0, 0.1) is 24.3 Å². The van der Waals surface area contributed by atoms with E-state index in [0.717, 1.165) is 61.9 Å². The molecule has 0 fully saturated rings. The molecule has 0 saturated carbocycles. The summed E-state index contributed by atoms with van der Waals surface area (Å²) >= 11 is 0. The predicted octanol–water partition coefficient (Wildman–Crippen LogP) is 14.3. The first-order valence-corrected chi connectivity index (χ1v) is 21.9. The summed E-state index contributed by atoms with van der Waals surface area (Å²) in [6, 6.07) is 84.8. The fourth-order valence-corrected chi connectivity index (χ4v) is 6.90. The molecule has 11 rings (SSSR count). The van der Waals surface area contributed by atoms with Crippen LogP contribution in [-0.2, 0) is 85.2 Å². The number of carbonyl (C=O) groups is 1. The Balaban J connectivity index is 0.000000244. The van der Waals surface area contributed by atoms with Crippen LogP contribution in [0.3, 0.4) is 0 Å². The molecule has 4 heterocycles. The van der Waals surface area contributed by atoms with Crippen LogP contribution in [0.25, 0.3) is 72.7 Å². The number of aromatic nitrogens is 5. The van der Waals surface area contributed by atoms with Gasteiger partial charge >= 0.3 is 0 Å². The molecular weight excluding hydrogens is 1600 g/mol. The number of rotatable bonds is 6. The average Bonchev–Trinajstić information content (AvgIpc) is 3.81. The van der Waals surface area contributed by atoms with Gasteiger partial charge in [0.25, 0.3) is 0 Å². The van der Waals surface area contributed by atoms with E-state index in [1.165, 1.54) is 30.7 Å². The largest absolute Gasteiger partial charge is 0.512 e. The smallest absolute Gasteiger partial charge is 0.155 e. The molecule has 1 N–H and O–H groups in total. The van der Waals surface area contributed by atoms with Gasteiger partial charge in [0.2, 0.25) is 0 Å². The summed E-state index contributed by atoms with van der Waals surface area (Å²) in [6.07, 6.45) is 6.59. The second-order valence-electron chi connectivity index (χ2n) is 14.9. The van der Waals surface area contributed by atoms with Gasteiger partial charge in [-0.2, -0.15) is 0 Å². The topological polar surface area (TPSA) is 93.8 Å². The van der Waals surface area contributed by atoms with Crippen LogP contribution in [0.15, 0.2) is 249 Å². The van der Waals surface area contributed by atoms with E-state index < -0.39 is 0 Å². The minimum absolute atomic E-state index is 0. The van der Waals surface area contributed by atoms with Crippen molar-refractivity contribution in [2.75, 3.05) is 0 Å². The number of aliphatic hydroxyl groups excluding tert-OH is 1. The van der Waals surface area contributed by atoms with Crippen LogP contribution in [0.4, 0.5) is 0 Å². The van der Waals surface area contributed by atoms with E-state index in [2.05, 4.69) is 74.1 Å². The van der Waals surface area contributed by atoms with Crippen LogP contribution in [0.1, 0.15) is 13.8 Å². The number of benzene rings is 7. The maximum atomic E-state index is 10.0. The summed E-state index contributed by atoms with van der Waals surface area (Å²) in [7, 11) is 0. The van der Waals surface area contributed by atoms with Gasteiger partial charge < -0.3 is 24.6 Å². The Morgan fingerprint density at radius 2 is 0.944 bits per heavy atom.